The lowest BCUT2D eigenvalue weighted by Gasteiger charge is -2.35. The Kier molecular flexibility index (Phi) is 8.65. The van der Waals surface area contributed by atoms with E-state index in [4.69, 9.17) is 9.73 Å². The van der Waals surface area contributed by atoms with Crippen LogP contribution in [-0.4, -0.2) is 84.1 Å². The van der Waals surface area contributed by atoms with Crippen molar-refractivity contribution in [2.75, 3.05) is 33.0 Å². The minimum absolute atomic E-state index is 0.377. The maximum atomic E-state index is 6.04. The Balaban J connectivity index is 1.39. The predicted octanol–water partition coefficient (Wildman–Crippen LogP) is 4.32. The van der Waals surface area contributed by atoms with Crippen molar-refractivity contribution in [1.82, 2.24) is 19.7 Å². The molecule has 4 atom stereocenters. The number of piperazine rings is 1. The van der Waals surface area contributed by atoms with Crippen LogP contribution in [0.4, 0.5) is 5.69 Å². The van der Waals surface area contributed by atoms with Crippen LogP contribution in [0.25, 0.3) is 0 Å². The normalized spacial score (nSPS) is 28.1. The average Bonchev–Trinajstić information content (AvgIpc) is 3.46. The summed E-state index contributed by atoms with van der Waals surface area (Å²) in [7, 11) is 2.05. The highest BCUT2D eigenvalue weighted by Crippen LogP contribution is 2.33. The summed E-state index contributed by atoms with van der Waals surface area (Å²) in [5.74, 6) is 0.973. The van der Waals surface area contributed by atoms with Crippen LogP contribution in [0.2, 0.25) is 0 Å². The van der Waals surface area contributed by atoms with Gasteiger partial charge in [-0.2, -0.15) is 0 Å². The number of hydrogen-bond donors (Lipinski definition) is 1. The molecule has 4 heterocycles. The maximum absolute atomic E-state index is 6.04. The van der Waals surface area contributed by atoms with Crippen LogP contribution in [-0.2, 0) is 11.8 Å². The molecule has 1 N–H and O–H groups in total. The molecule has 1 aromatic rings. The predicted molar refractivity (Wildman–Crippen MR) is 140 cm³/mol. The Morgan fingerprint density at radius 1 is 1.15 bits per heavy atom. The van der Waals surface area contributed by atoms with E-state index in [1.54, 1.807) is 0 Å². The Labute approximate surface area is 207 Å². The second-order valence-electron chi connectivity index (χ2n) is 9.80. The van der Waals surface area contributed by atoms with Gasteiger partial charge in [0, 0.05) is 57.0 Å². The molecule has 0 aliphatic carbocycles. The lowest BCUT2D eigenvalue weighted by atomic mass is 10.1. The third-order valence-corrected chi connectivity index (χ3v) is 8.30. The lowest BCUT2D eigenvalue weighted by Crippen LogP contribution is -2.53. The molecule has 0 saturated carbocycles. The van der Waals surface area contributed by atoms with Gasteiger partial charge in [0.15, 0.2) is 5.84 Å². The molecule has 0 spiro atoms. The molecule has 3 aliphatic heterocycles. The van der Waals surface area contributed by atoms with E-state index in [2.05, 4.69) is 61.2 Å². The molecule has 2 bridgehead atoms. The first kappa shape index (κ1) is 24.9. The Hall–Kier alpha value is -1.22. The van der Waals surface area contributed by atoms with Gasteiger partial charge in [0.25, 0.3) is 0 Å². The minimum atomic E-state index is 0.377. The molecule has 3 aliphatic rings. The zero-order chi connectivity index (χ0) is 23.4. The molecule has 4 rings (SSSR count). The summed E-state index contributed by atoms with van der Waals surface area (Å²) < 4.78 is 9.08. The van der Waals surface area contributed by atoms with E-state index >= 15 is 0 Å². The molecule has 7 nitrogen and oxygen atoms in total. The summed E-state index contributed by atoms with van der Waals surface area (Å²) in [6.07, 6.45) is 10.8. The molecule has 33 heavy (non-hydrogen) atoms. The van der Waals surface area contributed by atoms with E-state index in [0.29, 0.717) is 18.8 Å². The number of hydrogen-bond acceptors (Lipinski definition) is 5. The fraction of sp³-hybridized carbons (Fsp3) is 0.760. The summed E-state index contributed by atoms with van der Waals surface area (Å²) in [6, 6.07) is 2.58. The highest BCUT2D eigenvalue weighted by Gasteiger charge is 2.35. The van der Waals surface area contributed by atoms with Crippen molar-refractivity contribution in [3.63, 3.8) is 0 Å². The first-order chi connectivity index (χ1) is 16.0. The van der Waals surface area contributed by atoms with Crippen LogP contribution in [0.3, 0.4) is 0 Å². The van der Waals surface area contributed by atoms with E-state index in [9.17, 15) is 0 Å². The van der Waals surface area contributed by atoms with Crippen LogP contribution < -0.4 is 5.32 Å². The number of halogens is 1. The number of rotatable bonds is 10. The van der Waals surface area contributed by atoms with Gasteiger partial charge in [-0.25, -0.2) is 4.99 Å². The van der Waals surface area contributed by atoms with Crippen molar-refractivity contribution in [2.45, 2.75) is 83.0 Å². The van der Waals surface area contributed by atoms with Crippen molar-refractivity contribution < 1.29 is 4.74 Å². The van der Waals surface area contributed by atoms with Crippen molar-refractivity contribution in [2.24, 2.45) is 17.0 Å². The highest BCUT2D eigenvalue weighted by atomic mass is 79.9. The minimum Gasteiger partial charge on any atom is -0.359 e. The van der Waals surface area contributed by atoms with Gasteiger partial charge in [0.2, 0.25) is 0 Å². The fourth-order valence-corrected chi connectivity index (χ4v) is 6.68. The molecule has 184 valence electrons. The van der Waals surface area contributed by atoms with Crippen LogP contribution in [0, 0.1) is 0 Å². The maximum Gasteiger partial charge on any atom is 0.152 e. The molecule has 1 aromatic heterocycles. The summed E-state index contributed by atoms with van der Waals surface area (Å²) in [5.41, 5.74) is 1.86. The quantitative estimate of drug-likeness (QED) is 0.283. The van der Waals surface area contributed by atoms with Gasteiger partial charge in [0.05, 0.1) is 11.1 Å². The smallest absolute Gasteiger partial charge is 0.152 e. The molecular formula is C25H41BrN6O. The standard InChI is InChI=1S/C25H41BrN6O/c1-5-20-10-11-21(6-2)32(20)12-7-13-33-17-28-25(24-23(27-3)22(26)16-30(24)4)31-14-18-8-9-19(15-31)29-18/h16,18-21,29H,3,5-15,17H2,1-2,4H3. The highest BCUT2D eigenvalue weighted by molar-refractivity contribution is 9.10. The summed E-state index contributed by atoms with van der Waals surface area (Å²) in [4.78, 5) is 14.4. The van der Waals surface area contributed by atoms with Crippen molar-refractivity contribution in [3.05, 3.63) is 16.4 Å². The molecule has 3 saturated heterocycles. The monoisotopic (exact) mass is 520 g/mol. The number of amidine groups is 1. The van der Waals surface area contributed by atoms with E-state index in [1.165, 1.54) is 38.5 Å². The third kappa shape index (κ3) is 5.55. The number of nitrogens with one attached hydrogen (secondary N) is 1. The lowest BCUT2D eigenvalue weighted by molar-refractivity contribution is 0.112. The second-order valence-corrected chi connectivity index (χ2v) is 10.7. The topological polar surface area (TPSA) is 57.4 Å². The van der Waals surface area contributed by atoms with Gasteiger partial charge in [-0.3, -0.25) is 9.89 Å². The summed E-state index contributed by atoms with van der Waals surface area (Å²) >= 11 is 3.64. The first-order valence-electron chi connectivity index (χ1n) is 12.8. The number of aliphatic imine (C=N–C) groups is 2. The molecule has 3 fully saturated rings. The fourth-order valence-electron chi connectivity index (χ4n) is 6.06. The van der Waals surface area contributed by atoms with Crippen LogP contribution in [0.5, 0.6) is 0 Å². The van der Waals surface area contributed by atoms with Gasteiger partial charge in [-0.05, 0) is 67.6 Å². The van der Waals surface area contributed by atoms with E-state index in [0.717, 1.165) is 66.4 Å². The Morgan fingerprint density at radius 2 is 1.82 bits per heavy atom. The van der Waals surface area contributed by atoms with Crippen LogP contribution in [0.15, 0.2) is 20.7 Å². The number of likely N-dealkylation sites (tertiary alicyclic amines) is 2. The van der Waals surface area contributed by atoms with E-state index in [-0.39, 0.29) is 0 Å². The van der Waals surface area contributed by atoms with Gasteiger partial charge >= 0.3 is 0 Å². The van der Waals surface area contributed by atoms with E-state index < -0.39 is 0 Å². The Bertz CT molecular complexity index is 815. The zero-order valence-electron chi connectivity index (χ0n) is 20.6. The Morgan fingerprint density at radius 3 is 2.42 bits per heavy atom. The van der Waals surface area contributed by atoms with Crippen molar-refractivity contribution in [3.8, 4) is 0 Å². The van der Waals surface area contributed by atoms with Gasteiger partial charge in [0.1, 0.15) is 18.1 Å². The van der Waals surface area contributed by atoms with Gasteiger partial charge in [-0.15, -0.1) is 0 Å². The zero-order valence-corrected chi connectivity index (χ0v) is 22.2. The van der Waals surface area contributed by atoms with Crippen molar-refractivity contribution in [1.29, 1.82) is 0 Å². The third-order valence-electron chi connectivity index (χ3n) is 7.72. The SMILES string of the molecule is C=Nc1c(Br)cn(C)c1C(=NCOCCCN1C(CC)CCC1CC)N1CC2CCC(C1)N2. The molecular weight excluding hydrogens is 480 g/mol. The van der Waals surface area contributed by atoms with Crippen LogP contribution >= 0.6 is 15.9 Å². The molecule has 0 amide bonds. The van der Waals surface area contributed by atoms with Crippen LogP contribution in [0.1, 0.15) is 64.5 Å². The molecule has 0 aromatic carbocycles. The molecule has 8 heteroatoms. The second kappa shape index (κ2) is 11.5. The number of nitrogens with zero attached hydrogens (tertiary/aromatic N) is 5. The number of aromatic nitrogens is 1. The molecule has 0 radical (unpaired) electrons. The summed E-state index contributed by atoms with van der Waals surface area (Å²) in [5, 5.41) is 3.72. The first-order valence-corrected chi connectivity index (χ1v) is 13.6. The average molecular weight is 522 g/mol. The van der Waals surface area contributed by atoms with E-state index in [1.807, 2.05) is 13.2 Å². The van der Waals surface area contributed by atoms with Crippen molar-refractivity contribution >= 4 is 34.2 Å². The van der Waals surface area contributed by atoms with Gasteiger partial charge < -0.3 is 19.5 Å². The molecule has 4 unspecified atom stereocenters. The number of ether oxygens (including phenoxy) is 1. The largest absolute Gasteiger partial charge is 0.359 e. The number of fused-ring (bicyclic) bond motifs is 2. The van der Waals surface area contributed by atoms with Gasteiger partial charge in [-0.1, -0.05) is 13.8 Å². The summed E-state index contributed by atoms with van der Waals surface area (Å²) in [6.45, 7) is 12.6. The number of aryl methyl sites for hydroxylation is 1.